The Kier molecular flexibility index (Phi) is 9.79. The van der Waals surface area contributed by atoms with E-state index in [2.05, 4.69) is 22.3 Å². The minimum Gasteiger partial charge on any atom is -0.483 e. The first-order valence-electron chi connectivity index (χ1n) is 14.4. The number of nitrogens with two attached hydrogens (primary N) is 1. The third-order valence-corrected chi connectivity index (χ3v) is 9.37. The van der Waals surface area contributed by atoms with E-state index in [0.717, 1.165) is 78.7 Å². The highest BCUT2D eigenvalue weighted by atomic mass is 35.5. The summed E-state index contributed by atoms with van der Waals surface area (Å²) >= 11 is 7.57. The molecule has 0 unspecified atom stereocenters. The van der Waals surface area contributed by atoms with E-state index >= 15 is 0 Å². The summed E-state index contributed by atoms with van der Waals surface area (Å²) in [6.07, 6.45) is 8.64. The highest BCUT2D eigenvalue weighted by Crippen LogP contribution is 2.40. The summed E-state index contributed by atoms with van der Waals surface area (Å²) in [5.41, 5.74) is 11.0. The lowest BCUT2D eigenvalue weighted by Crippen LogP contribution is -2.34. The van der Waals surface area contributed by atoms with Crippen LogP contribution in [-0.4, -0.2) is 49.5 Å². The predicted molar refractivity (Wildman–Crippen MR) is 163 cm³/mol. The molecular formula is C32H38ClN3O3S. The number of fused-ring (bicyclic) bond motifs is 1. The van der Waals surface area contributed by atoms with Gasteiger partial charge in [-0.05, 0) is 123 Å². The number of benzene rings is 2. The smallest absolute Gasteiger partial charge is 0.255 e. The molecule has 2 aromatic carbocycles. The molecule has 0 spiro atoms. The highest BCUT2D eigenvalue weighted by molar-refractivity contribution is 7.19. The molecule has 1 fully saturated rings. The zero-order valence-electron chi connectivity index (χ0n) is 22.9. The number of likely N-dealkylation sites (tertiary alicyclic amines) is 1. The van der Waals surface area contributed by atoms with Crippen molar-refractivity contribution >= 4 is 34.8 Å². The first kappa shape index (κ1) is 28.7. The summed E-state index contributed by atoms with van der Waals surface area (Å²) in [6, 6.07) is 16.1. The lowest BCUT2D eigenvalue weighted by molar-refractivity contribution is -0.119. The van der Waals surface area contributed by atoms with Crippen LogP contribution in [0.25, 0.3) is 10.4 Å². The lowest BCUT2D eigenvalue weighted by atomic mass is 9.83. The maximum absolute atomic E-state index is 12.6. The maximum Gasteiger partial charge on any atom is 0.255 e. The maximum atomic E-state index is 12.6. The average Bonchev–Trinajstić information content (AvgIpc) is 3.42. The summed E-state index contributed by atoms with van der Waals surface area (Å²) in [6.45, 7) is 3.74. The standard InChI is InChI=1S/C32H38ClN3O3S/c33-29-14-13-28(40-29)24-7-9-25(10-8-24)32(38)35-17-3-4-18-36-19-15-23(16-20-36)27-12-11-22-5-1-2-6-26(22)31(27)39-21-30(34)37/h7-14,23H,1-6,15-21H2,(H2,34,37)(H,35,38). The molecule has 1 aliphatic carbocycles. The zero-order chi connectivity index (χ0) is 27.9. The Labute approximate surface area is 245 Å². The van der Waals surface area contributed by atoms with Gasteiger partial charge in [-0.3, -0.25) is 9.59 Å². The van der Waals surface area contributed by atoms with Crippen molar-refractivity contribution in [1.29, 1.82) is 0 Å². The van der Waals surface area contributed by atoms with Crippen LogP contribution in [0.3, 0.4) is 0 Å². The minimum absolute atomic E-state index is 0.0315. The molecule has 2 amide bonds. The van der Waals surface area contributed by atoms with Crippen LogP contribution in [0.5, 0.6) is 5.75 Å². The number of halogens is 1. The van der Waals surface area contributed by atoms with Crippen molar-refractivity contribution in [1.82, 2.24) is 10.2 Å². The third-order valence-electron chi connectivity index (χ3n) is 8.09. The zero-order valence-corrected chi connectivity index (χ0v) is 24.5. The third kappa shape index (κ3) is 7.25. The molecule has 40 heavy (non-hydrogen) atoms. The summed E-state index contributed by atoms with van der Waals surface area (Å²) in [4.78, 5) is 27.6. The molecule has 5 rings (SSSR count). The largest absolute Gasteiger partial charge is 0.483 e. The van der Waals surface area contributed by atoms with Crippen molar-refractivity contribution < 1.29 is 14.3 Å². The number of hydrogen-bond acceptors (Lipinski definition) is 5. The quantitative estimate of drug-likeness (QED) is 0.265. The highest BCUT2D eigenvalue weighted by Gasteiger charge is 2.26. The molecule has 3 aromatic rings. The van der Waals surface area contributed by atoms with Crippen molar-refractivity contribution in [2.24, 2.45) is 5.73 Å². The van der Waals surface area contributed by atoms with Crippen LogP contribution in [0.2, 0.25) is 4.34 Å². The van der Waals surface area contributed by atoms with Crippen LogP contribution in [-0.2, 0) is 17.6 Å². The minimum atomic E-state index is -0.428. The Morgan fingerprint density at radius 2 is 1.77 bits per heavy atom. The van der Waals surface area contributed by atoms with Crippen LogP contribution >= 0.6 is 22.9 Å². The van der Waals surface area contributed by atoms with E-state index in [1.807, 2.05) is 36.4 Å². The van der Waals surface area contributed by atoms with Gasteiger partial charge in [-0.2, -0.15) is 0 Å². The fraction of sp³-hybridized carbons (Fsp3) is 0.438. The number of nitrogens with one attached hydrogen (secondary N) is 1. The van der Waals surface area contributed by atoms with E-state index in [9.17, 15) is 9.59 Å². The summed E-state index contributed by atoms with van der Waals surface area (Å²) in [5.74, 6) is 0.906. The number of unbranched alkanes of at least 4 members (excludes halogenated alkanes) is 1. The molecule has 0 saturated carbocycles. The number of carbonyl (C=O) groups excluding carboxylic acids is 2. The van der Waals surface area contributed by atoms with E-state index < -0.39 is 5.91 Å². The molecule has 1 aromatic heterocycles. The molecule has 8 heteroatoms. The fourth-order valence-corrected chi connectivity index (χ4v) is 6.98. The van der Waals surface area contributed by atoms with Gasteiger partial charge in [-0.25, -0.2) is 0 Å². The van der Waals surface area contributed by atoms with Gasteiger partial charge in [0.25, 0.3) is 11.8 Å². The Balaban J connectivity index is 1.05. The van der Waals surface area contributed by atoms with Crippen molar-refractivity contribution in [3.05, 3.63) is 75.1 Å². The first-order chi connectivity index (χ1) is 19.5. The van der Waals surface area contributed by atoms with Crippen molar-refractivity contribution in [3.8, 4) is 16.2 Å². The molecular weight excluding hydrogens is 542 g/mol. The number of aryl methyl sites for hydroxylation is 1. The molecule has 2 heterocycles. The van der Waals surface area contributed by atoms with Crippen LogP contribution in [0.15, 0.2) is 48.5 Å². The van der Waals surface area contributed by atoms with Crippen LogP contribution in [0.1, 0.15) is 71.5 Å². The second kappa shape index (κ2) is 13.7. The Bertz CT molecular complexity index is 1320. The molecule has 2 aliphatic rings. The van der Waals surface area contributed by atoms with Gasteiger partial charge in [-0.15, -0.1) is 11.3 Å². The molecule has 0 atom stereocenters. The number of nitrogens with zero attached hydrogens (tertiary/aromatic N) is 1. The van der Waals surface area contributed by atoms with Crippen LogP contribution in [0.4, 0.5) is 0 Å². The Morgan fingerprint density at radius 3 is 2.50 bits per heavy atom. The number of amides is 2. The number of hydrogen-bond donors (Lipinski definition) is 2. The average molecular weight is 580 g/mol. The predicted octanol–water partition coefficient (Wildman–Crippen LogP) is 6.20. The monoisotopic (exact) mass is 579 g/mol. The Morgan fingerprint density at radius 1 is 1.00 bits per heavy atom. The van der Waals surface area contributed by atoms with Gasteiger partial charge >= 0.3 is 0 Å². The van der Waals surface area contributed by atoms with Gasteiger partial charge in [-0.1, -0.05) is 35.9 Å². The number of primary amides is 1. The number of ether oxygens (including phenoxy) is 1. The molecule has 0 radical (unpaired) electrons. The van der Waals surface area contributed by atoms with Crippen molar-refractivity contribution in [2.45, 2.75) is 57.3 Å². The van der Waals surface area contributed by atoms with Gasteiger partial charge in [0.05, 0.1) is 4.34 Å². The summed E-state index contributed by atoms with van der Waals surface area (Å²) in [5, 5.41) is 3.06. The summed E-state index contributed by atoms with van der Waals surface area (Å²) in [7, 11) is 0. The molecule has 6 nitrogen and oxygen atoms in total. The first-order valence-corrected chi connectivity index (χ1v) is 15.6. The SMILES string of the molecule is NC(=O)COc1c(C2CCN(CCCCNC(=O)c3ccc(-c4ccc(Cl)s4)cc3)CC2)ccc2c1CCCC2. The lowest BCUT2D eigenvalue weighted by Gasteiger charge is -2.34. The van der Waals surface area contributed by atoms with Crippen LogP contribution < -0.4 is 15.8 Å². The molecule has 1 aliphatic heterocycles. The fourth-order valence-electron chi connectivity index (χ4n) is 5.93. The Hall–Kier alpha value is -2.87. The number of thiophene rings is 1. The van der Waals surface area contributed by atoms with Gasteiger partial charge in [0, 0.05) is 17.0 Å². The van der Waals surface area contributed by atoms with Gasteiger partial charge < -0.3 is 20.7 Å². The van der Waals surface area contributed by atoms with E-state index in [1.165, 1.54) is 40.9 Å². The number of rotatable bonds is 11. The van der Waals surface area contributed by atoms with Crippen molar-refractivity contribution in [2.75, 3.05) is 32.8 Å². The van der Waals surface area contributed by atoms with Gasteiger partial charge in [0.2, 0.25) is 0 Å². The van der Waals surface area contributed by atoms with Gasteiger partial charge in [0.15, 0.2) is 6.61 Å². The summed E-state index contributed by atoms with van der Waals surface area (Å²) < 4.78 is 6.78. The van der Waals surface area contributed by atoms with Crippen LogP contribution in [0, 0.1) is 0 Å². The number of carbonyl (C=O) groups is 2. The molecule has 212 valence electrons. The molecule has 3 N–H and O–H groups in total. The topological polar surface area (TPSA) is 84.7 Å². The normalized spacial score (nSPS) is 15.9. The second-order valence-corrected chi connectivity index (χ2v) is 12.6. The molecule has 0 bridgehead atoms. The van der Waals surface area contributed by atoms with E-state index in [4.69, 9.17) is 22.1 Å². The number of piperidine rings is 1. The molecule has 1 saturated heterocycles. The van der Waals surface area contributed by atoms with E-state index in [0.29, 0.717) is 18.0 Å². The van der Waals surface area contributed by atoms with E-state index in [1.54, 1.807) is 0 Å². The van der Waals surface area contributed by atoms with Crippen molar-refractivity contribution in [3.63, 3.8) is 0 Å². The van der Waals surface area contributed by atoms with Gasteiger partial charge in [0.1, 0.15) is 5.75 Å². The van der Waals surface area contributed by atoms with E-state index in [-0.39, 0.29) is 12.5 Å². The second-order valence-electron chi connectivity index (χ2n) is 10.8.